The molecule has 0 amide bonds. The Morgan fingerprint density at radius 1 is 0.280 bits per heavy atom. The summed E-state index contributed by atoms with van der Waals surface area (Å²) in [5.74, 6) is -0.945. The van der Waals surface area contributed by atoms with E-state index in [1.807, 2.05) is 0 Å². The molecule has 6 heteroatoms. The van der Waals surface area contributed by atoms with Crippen molar-refractivity contribution in [1.29, 1.82) is 0 Å². The number of carbonyl (C=O) groups is 3. The second kappa shape index (κ2) is 61.8. The van der Waals surface area contributed by atoms with Crippen molar-refractivity contribution >= 4 is 17.9 Å². The summed E-state index contributed by atoms with van der Waals surface area (Å²) >= 11 is 0. The summed E-state index contributed by atoms with van der Waals surface area (Å²) in [5, 5.41) is 0. The van der Waals surface area contributed by atoms with Crippen LogP contribution >= 0.6 is 0 Å². The van der Waals surface area contributed by atoms with Crippen LogP contribution in [0.25, 0.3) is 0 Å². The minimum Gasteiger partial charge on any atom is -0.462 e. The number of rotatable bonds is 53. The first-order chi connectivity index (χ1) is 37.0. The highest BCUT2D eigenvalue weighted by Crippen LogP contribution is 2.14. The van der Waals surface area contributed by atoms with E-state index in [0.717, 1.165) is 148 Å². The van der Waals surface area contributed by atoms with Gasteiger partial charge in [0.1, 0.15) is 13.2 Å². The van der Waals surface area contributed by atoms with Gasteiger partial charge in [-0.05, 0) is 122 Å². The second-order valence-electron chi connectivity index (χ2n) is 19.5. The van der Waals surface area contributed by atoms with Crippen LogP contribution in [0.1, 0.15) is 252 Å². The molecule has 75 heavy (non-hydrogen) atoms. The van der Waals surface area contributed by atoms with Gasteiger partial charge in [-0.15, -0.1) is 0 Å². The molecule has 0 saturated carbocycles. The molecular formula is C69H110O6. The van der Waals surface area contributed by atoms with E-state index < -0.39 is 6.10 Å². The zero-order valence-electron chi connectivity index (χ0n) is 48.3. The first-order valence-electron chi connectivity index (χ1n) is 30.3. The zero-order valence-corrected chi connectivity index (χ0v) is 48.3. The maximum Gasteiger partial charge on any atom is 0.306 e. The molecule has 0 aromatic heterocycles. The molecule has 0 aliphatic heterocycles. The van der Waals surface area contributed by atoms with E-state index in [-0.39, 0.29) is 37.5 Å². The van der Waals surface area contributed by atoms with Crippen LogP contribution in [0.4, 0.5) is 0 Å². The van der Waals surface area contributed by atoms with Gasteiger partial charge in [-0.3, -0.25) is 14.4 Å². The van der Waals surface area contributed by atoms with Gasteiger partial charge in [0, 0.05) is 19.3 Å². The molecule has 0 aliphatic rings. The van der Waals surface area contributed by atoms with Crippen LogP contribution < -0.4 is 0 Å². The third-order valence-electron chi connectivity index (χ3n) is 12.3. The molecule has 0 fully saturated rings. The second-order valence-corrected chi connectivity index (χ2v) is 19.5. The summed E-state index contributed by atoms with van der Waals surface area (Å²) in [6.07, 6.45) is 88.7. The fraction of sp³-hybridized carbons (Fsp3) is 0.609. The predicted molar refractivity (Wildman–Crippen MR) is 325 cm³/mol. The van der Waals surface area contributed by atoms with E-state index in [9.17, 15) is 14.4 Å². The van der Waals surface area contributed by atoms with Crippen molar-refractivity contribution < 1.29 is 28.6 Å². The van der Waals surface area contributed by atoms with E-state index >= 15 is 0 Å². The van der Waals surface area contributed by atoms with Crippen molar-refractivity contribution in [1.82, 2.24) is 0 Å². The summed E-state index contributed by atoms with van der Waals surface area (Å²) in [7, 11) is 0. The molecule has 6 nitrogen and oxygen atoms in total. The lowest BCUT2D eigenvalue weighted by atomic mass is 10.1. The predicted octanol–water partition coefficient (Wildman–Crippen LogP) is 20.8. The van der Waals surface area contributed by atoms with Gasteiger partial charge in [0.15, 0.2) is 6.10 Å². The number of ether oxygens (including phenoxy) is 3. The third-order valence-corrected chi connectivity index (χ3v) is 12.3. The fourth-order valence-electron chi connectivity index (χ4n) is 7.86. The number of esters is 3. The summed E-state index contributed by atoms with van der Waals surface area (Å²) in [6, 6.07) is 0. The Morgan fingerprint density at radius 2 is 0.520 bits per heavy atom. The van der Waals surface area contributed by atoms with Crippen molar-refractivity contribution in [3.63, 3.8) is 0 Å². The molecule has 0 rings (SSSR count). The third kappa shape index (κ3) is 60.0. The van der Waals surface area contributed by atoms with Crippen molar-refractivity contribution in [2.45, 2.75) is 258 Å². The van der Waals surface area contributed by atoms with Gasteiger partial charge in [-0.1, -0.05) is 256 Å². The number of hydrogen-bond donors (Lipinski definition) is 0. The van der Waals surface area contributed by atoms with Crippen LogP contribution in [0.15, 0.2) is 146 Å². The molecule has 0 spiro atoms. The van der Waals surface area contributed by atoms with Crippen LogP contribution in [0.2, 0.25) is 0 Å². The zero-order chi connectivity index (χ0) is 54.3. The molecule has 0 bridgehead atoms. The Kier molecular flexibility index (Phi) is 58.0. The topological polar surface area (TPSA) is 78.9 Å². The van der Waals surface area contributed by atoms with Crippen molar-refractivity contribution in [3.05, 3.63) is 146 Å². The first kappa shape index (κ1) is 70.3. The van der Waals surface area contributed by atoms with E-state index in [1.165, 1.54) is 64.2 Å². The van der Waals surface area contributed by atoms with Gasteiger partial charge in [-0.2, -0.15) is 0 Å². The molecular weight excluding hydrogens is 925 g/mol. The van der Waals surface area contributed by atoms with Gasteiger partial charge in [-0.25, -0.2) is 0 Å². The number of allylic oxidation sites excluding steroid dienone is 24. The van der Waals surface area contributed by atoms with E-state index in [4.69, 9.17) is 14.2 Å². The molecule has 1 atom stereocenters. The lowest BCUT2D eigenvalue weighted by molar-refractivity contribution is -0.167. The fourth-order valence-corrected chi connectivity index (χ4v) is 7.86. The van der Waals surface area contributed by atoms with Crippen LogP contribution in [0.5, 0.6) is 0 Å². The van der Waals surface area contributed by atoms with Crippen molar-refractivity contribution in [2.75, 3.05) is 13.2 Å². The molecule has 0 radical (unpaired) electrons. The lowest BCUT2D eigenvalue weighted by Crippen LogP contribution is -2.30. The van der Waals surface area contributed by atoms with Crippen LogP contribution in [-0.2, 0) is 28.6 Å². The number of carbonyl (C=O) groups excluding carboxylic acids is 3. The molecule has 422 valence electrons. The van der Waals surface area contributed by atoms with Gasteiger partial charge >= 0.3 is 17.9 Å². The van der Waals surface area contributed by atoms with Crippen LogP contribution in [0.3, 0.4) is 0 Å². The highest BCUT2D eigenvalue weighted by Gasteiger charge is 2.19. The summed E-state index contributed by atoms with van der Waals surface area (Å²) < 4.78 is 16.8. The Morgan fingerprint density at radius 3 is 0.827 bits per heavy atom. The molecule has 0 aromatic carbocycles. The smallest absolute Gasteiger partial charge is 0.306 e. The van der Waals surface area contributed by atoms with Gasteiger partial charge < -0.3 is 14.2 Å². The van der Waals surface area contributed by atoms with E-state index in [2.05, 4.69) is 167 Å². The summed E-state index contributed by atoms with van der Waals surface area (Å²) in [6.45, 7) is 6.34. The maximum absolute atomic E-state index is 12.8. The molecule has 0 aromatic rings. The number of unbranched alkanes of at least 4 members (excludes halogenated alkanes) is 18. The average molecular weight is 1040 g/mol. The Bertz CT molecular complexity index is 1660. The Labute approximate surface area is 461 Å². The SMILES string of the molecule is CC/C=C\C/C=C\C/C=C\C/C=C\C/C=C\C/C=C\C/C=C\C/C=C\C/C=C\CCCCCCCCCC(=O)OCC(COC(=O)CCCCCCCCCCC)OC(=O)CCCCC/C=C\C/C=C\C/C=C\CC. The van der Waals surface area contributed by atoms with Crippen molar-refractivity contribution in [2.24, 2.45) is 0 Å². The van der Waals surface area contributed by atoms with E-state index in [0.29, 0.717) is 12.8 Å². The monoisotopic (exact) mass is 1030 g/mol. The normalized spacial score (nSPS) is 13.2. The average Bonchev–Trinajstić information content (AvgIpc) is 3.41. The van der Waals surface area contributed by atoms with Crippen molar-refractivity contribution in [3.8, 4) is 0 Å². The molecule has 0 saturated heterocycles. The van der Waals surface area contributed by atoms with Gasteiger partial charge in [0.05, 0.1) is 0 Å². The largest absolute Gasteiger partial charge is 0.462 e. The Hall–Kier alpha value is -4.71. The lowest BCUT2D eigenvalue weighted by Gasteiger charge is -2.18. The summed E-state index contributed by atoms with van der Waals surface area (Å²) in [4.78, 5) is 38.0. The minimum atomic E-state index is -0.800. The quantitative estimate of drug-likeness (QED) is 0.0261. The van der Waals surface area contributed by atoms with Crippen LogP contribution in [0, 0.1) is 0 Å². The number of hydrogen-bond acceptors (Lipinski definition) is 6. The van der Waals surface area contributed by atoms with Crippen LogP contribution in [-0.4, -0.2) is 37.2 Å². The molecule has 1 unspecified atom stereocenters. The first-order valence-corrected chi connectivity index (χ1v) is 30.3. The molecule has 0 N–H and O–H groups in total. The summed E-state index contributed by atoms with van der Waals surface area (Å²) in [5.41, 5.74) is 0. The maximum atomic E-state index is 12.8. The molecule has 0 heterocycles. The highest BCUT2D eigenvalue weighted by atomic mass is 16.6. The van der Waals surface area contributed by atoms with Gasteiger partial charge in [0.25, 0.3) is 0 Å². The molecule has 0 aliphatic carbocycles. The minimum absolute atomic E-state index is 0.0959. The standard InChI is InChI=1S/C69H110O6/c1-4-7-10-13-16-19-21-23-24-25-26-27-28-29-30-31-32-33-34-35-36-37-38-39-40-41-42-43-44-46-47-50-53-56-59-62-68(71)74-65-66(64-73-67(70)61-58-55-52-49-18-15-12-9-6-3)75-69(72)63-60-57-54-51-48-45-22-20-17-14-11-8-5-2/h7-8,10-11,16-17,19-20,23-24,26-27,29-30,32-33,35-36,38-39,41-42,45,48,66H,4-6,9,12-15,18,21-22,25,28,31,34,37,40,43-44,46-47,49-65H2,1-3H3/b10-7-,11-8-,19-16-,20-17-,24-23-,27-26-,30-29-,33-32-,36-35-,39-38-,42-41-,48-45-. The van der Waals surface area contributed by atoms with Gasteiger partial charge in [0.2, 0.25) is 0 Å². The van der Waals surface area contributed by atoms with E-state index in [1.54, 1.807) is 0 Å². The highest BCUT2D eigenvalue weighted by molar-refractivity contribution is 5.71. The Balaban J connectivity index is 4.20.